The maximum absolute atomic E-state index is 13.8. The predicted octanol–water partition coefficient (Wildman–Crippen LogP) is 3.36. The molecule has 0 amide bonds. The molecule has 0 bridgehead atoms. The zero-order valence-corrected chi connectivity index (χ0v) is 48.5. The van der Waals surface area contributed by atoms with Crippen LogP contribution in [0, 0.1) is 46.3 Å². The average molecular weight is 1090 g/mol. The molecule has 0 spiro atoms. The van der Waals surface area contributed by atoms with E-state index in [0.717, 1.165) is 5.57 Å². The van der Waals surface area contributed by atoms with Crippen LogP contribution in [0.15, 0.2) is 23.8 Å². The molecule has 4 aliphatic carbocycles. The molecule has 438 valence electrons. The summed E-state index contributed by atoms with van der Waals surface area (Å²) in [5.41, 5.74) is -5.67. The molecule has 6 rings (SSSR count). The van der Waals surface area contributed by atoms with Crippen molar-refractivity contribution in [3.8, 4) is 0 Å². The molecular formula is C58H95N3O16. The van der Waals surface area contributed by atoms with E-state index in [0.29, 0.717) is 38.8 Å². The van der Waals surface area contributed by atoms with E-state index in [1.807, 2.05) is 69.7 Å². The molecule has 6 N–H and O–H groups in total. The molecular weight excluding hydrogens is 995 g/mol. The van der Waals surface area contributed by atoms with E-state index in [4.69, 9.17) is 23.7 Å². The second kappa shape index (κ2) is 24.5. The van der Waals surface area contributed by atoms with Crippen LogP contribution in [0.2, 0.25) is 0 Å². The molecule has 21 atom stereocenters. The van der Waals surface area contributed by atoms with Gasteiger partial charge in [-0.3, -0.25) is 28.9 Å². The maximum Gasteiger partial charge on any atom is 0.311 e. The van der Waals surface area contributed by atoms with E-state index < -0.39 is 119 Å². The van der Waals surface area contributed by atoms with E-state index in [-0.39, 0.29) is 86.7 Å². The number of aliphatic hydroxyl groups is 6. The number of carbonyl (C=O) groups excluding carboxylic acids is 5. The molecule has 19 nitrogen and oxygen atoms in total. The van der Waals surface area contributed by atoms with Crippen molar-refractivity contribution in [1.82, 2.24) is 14.7 Å². The Morgan fingerprint density at radius 2 is 1.57 bits per heavy atom. The van der Waals surface area contributed by atoms with Crippen molar-refractivity contribution in [1.29, 1.82) is 0 Å². The zero-order chi connectivity index (χ0) is 57.5. The summed E-state index contributed by atoms with van der Waals surface area (Å²) in [5.74, 6) is -5.20. The Hall–Kier alpha value is -3.21. The number of hydrogen-bond acceptors (Lipinski definition) is 19. The highest BCUT2D eigenvalue weighted by atomic mass is 16.7. The van der Waals surface area contributed by atoms with Crippen molar-refractivity contribution in [3.05, 3.63) is 23.8 Å². The first-order chi connectivity index (χ1) is 35.7. The summed E-state index contributed by atoms with van der Waals surface area (Å²) in [5, 5.41) is 71.2. The molecule has 0 aromatic heterocycles. The number of likely N-dealkylation sites (N-methyl/N-ethyl adjacent to an activating group) is 3. The van der Waals surface area contributed by atoms with Crippen LogP contribution in [0.5, 0.6) is 0 Å². The highest BCUT2D eigenvalue weighted by Crippen LogP contribution is 2.66. The van der Waals surface area contributed by atoms with Crippen molar-refractivity contribution >= 4 is 29.5 Å². The lowest BCUT2D eigenvalue weighted by atomic mass is 9.47. The van der Waals surface area contributed by atoms with Crippen LogP contribution in [-0.4, -0.2) is 207 Å². The summed E-state index contributed by atoms with van der Waals surface area (Å²) in [6.07, 6.45) is 0.887. The van der Waals surface area contributed by atoms with Gasteiger partial charge in [-0.15, -0.1) is 0 Å². The molecule has 6 aliphatic rings. The fraction of sp³-hybridized carbons (Fsp3) is 0.845. The third kappa shape index (κ3) is 12.8. The second-order valence-corrected chi connectivity index (χ2v) is 25.5. The Balaban J connectivity index is 1.04. The van der Waals surface area contributed by atoms with Crippen molar-refractivity contribution in [2.24, 2.45) is 46.3 Å². The van der Waals surface area contributed by atoms with E-state index in [9.17, 15) is 54.6 Å². The zero-order valence-electron chi connectivity index (χ0n) is 48.5. The summed E-state index contributed by atoms with van der Waals surface area (Å²) < 4.78 is 30.2. The van der Waals surface area contributed by atoms with Gasteiger partial charge in [0, 0.05) is 54.3 Å². The number of Topliss-reactive ketones (excluding diaryl/α,β-unsaturated/α-hetero) is 1. The van der Waals surface area contributed by atoms with Gasteiger partial charge in [0.25, 0.3) is 0 Å². The van der Waals surface area contributed by atoms with Crippen molar-refractivity contribution < 1.29 is 78.3 Å². The topological polar surface area (TPSA) is 263 Å². The number of ether oxygens (including phenoxy) is 5. The van der Waals surface area contributed by atoms with Crippen LogP contribution >= 0.6 is 0 Å². The first-order valence-corrected chi connectivity index (χ1v) is 28.3. The van der Waals surface area contributed by atoms with Gasteiger partial charge in [0.05, 0.1) is 54.8 Å². The number of carbonyl (C=O) groups is 5. The summed E-state index contributed by atoms with van der Waals surface area (Å²) in [6, 6.07) is -1.24. The lowest BCUT2D eigenvalue weighted by Gasteiger charge is -2.58. The number of rotatable bonds is 14. The number of fused-ring (bicyclic) bond motifs is 5. The van der Waals surface area contributed by atoms with Crippen LogP contribution < -0.4 is 0 Å². The number of esters is 3. The molecule has 77 heavy (non-hydrogen) atoms. The monoisotopic (exact) mass is 1090 g/mol. The molecule has 2 saturated heterocycles. The largest absolute Gasteiger partial charge is 0.464 e. The van der Waals surface area contributed by atoms with Crippen LogP contribution in [0.25, 0.3) is 0 Å². The van der Waals surface area contributed by atoms with E-state index in [1.54, 1.807) is 33.8 Å². The predicted molar refractivity (Wildman–Crippen MR) is 284 cm³/mol. The number of cyclic esters (lactones) is 1. The van der Waals surface area contributed by atoms with Crippen LogP contribution in [-0.2, 0) is 47.7 Å². The lowest BCUT2D eigenvalue weighted by molar-refractivity contribution is -0.287. The molecule has 0 aromatic rings. The minimum Gasteiger partial charge on any atom is -0.464 e. The first-order valence-electron chi connectivity index (χ1n) is 28.3. The quantitative estimate of drug-likeness (QED) is 0.0828. The Morgan fingerprint density at radius 1 is 0.922 bits per heavy atom. The van der Waals surface area contributed by atoms with Gasteiger partial charge in [-0.2, -0.15) is 0 Å². The summed E-state index contributed by atoms with van der Waals surface area (Å²) in [7, 11) is 7.48. The maximum atomic E-state index is 13.8. The Labute approximate surface area is 457 Å². The average Bonchev–Trinajstić information content (AvgIpc) is 3.63. The van der Waals surface area contributed by atoms with E-state index in [2.05, 4.69) is 13.0 Å². The molecule has 2 heterocycles. The number of allylic oxidation sites excluding steroid dienone is 4. The smallest absolute Gasteiger partial charge is 0.311 e. The van der Waals surface area contributed by atoms with Crippen LogP contribution in [0.1, 0.15) is 133 Å². The van der Waals surface area contributed by atoms with Crippen molar-refractivity contribution in [3.63, 3.8) is 0 Å². The summed E-state index contributed by atoms with van der Waals surface area (Å²) >= 11 is 0. The molecule has 2 unspecified atom stereocenters. The van der Waals surface area contributed by atoms with Gasteiger partial charge < -0.3 is 64.1 Å². The van der Waals surface area contributed by atoms with Crippen molar-refractivity contribution in [2.45, 2.75) is 211 Å². The van der Waals surface area contributed by atoms with Crippen molar-refractivity contribution in [2.75, 3.05) is 54.5 Å². The van der Waals surface area contributed by atoms with Gasteiger partial charge in [0.15, 0.2) is 18.7 Å². The van der Waals surface area contributed by atoms with Crippen LogP contribution in [0.4, 0.5) is 0 Å². The van der Waals surface area contributed by atoms with E-state index in [1.165, 1.54) is 13.8 Å². The van der Waals surface area contributed by atoms with Gasteiger partial charge >= 0.3 is 17.9 Å². The fourth-order valence-electron chi connectivity index (χ4n) is 15.0. The highest BCUT2D eigenvalue weighted by Gasteiger charge is 2.68. The molecule has 0 radical (unpaired) electrons. The van der Waals surface area contributed by atoms with Gasteiger partial charge in [0.1, 0.15) is 30.0 Å². The highest BCUT2D eigenvalue weighted by molar-refractivity contribution is 5.93. The van der Waals surface area contributed by atoms with Gasteiger partial charge in [-0.25, -0.2) is 0 Å². The molecule has 2 saturated carbocycles. The molecule has 19 heteroatoms. The Bertz CT molecular complexity index is 2190. The molecule has 2 aliphatic heterocycles. The third-order valence-electron chi connectivity index (χ3n) is 19.6. The summed E-state index contributed by atoms with van der Waals surface area (Å²) in [6.45, 7) is 17.7. The normalized spacial score (nSPS) is 44.3. The minimum absolute atomic E-state index is 0.0174. The number of aliphatic hydroxyl groups excluding tert-OH is 3. The second-order valence-electron chi connectivity index (χ2n) is 25.5. The van der Waals surface area contributed by atoms with E-state index >= 15 is 0 Å². The standard InChI is InChI=1S/C58H95N3O16/c1-15-44-57(10,71)50(68)36(6)61(14)30-32(2)28-56(9,70)51(34(4)49(67)35(5)52(69)76-44)77-53-48(59(11)12)41(26-33(3)75-53)60(13)24-25-73-45(65)18-19-46(66)74-31-43(64)58(72)23-21-40-39-17-16-37-27-38(62)20-22-54(37,7)47(39)42(63)29-55(40,58)8/h16,20,22,32-36,39-42,44,47-51,53,63,67-68,70-72H,15,17-19,21,23-31H2,1-14H3/t32-,33-,34+,35-,36-,39+,40?,41-,42+,44-,47?,48+,49+,50-,51-,53+,54+,55+,56-,57-,58+/m1/s1. The van der Waals surface area contributed by atoms with Gasteiger partial charge in [-0.1, -0.05) is 52.3 Å². The first kappa shape index (κ1) is 63.0. The summed E-state index contributed by atoms with van der Waals surface area (Å²) in [4.78, 5) is 71.7. The molecule has 0 aromatic carbocycles. The number of nitrogens with zero attached hydrogens (tertiary/aromatic N) is 3. The minimum atomic E-state index is -1.83. The number of ketones is 2. The lowest BCUT2D eigenvalue weighted by Crippen LogP contribution is -2.63. The van der Waals surface area contributed by atoms with Gasteiger partial charge in [0.2, 0.25) is 5.78 Å². The molecule has 4 fully saturated rings. The third-order valence-corrected chi connectivity index (χ3v) is 19.6. The Kier molecular flexibility index (Phi) is 20.0. The van der Waals surface area contributed by atoms with Gasteiger partial charge in [-0.05, 0) is 132 Å². The van der Waals surface area contributed by atoms with Crippen LogP contribution in [0.3, 0.4) is 0 Å². The number of hydrogen-bond donors (Lipinski definition) is 6. The Morgan fingerprint density at radius 3 is 2.21 bits per heavy atom. The fourth-order valence-corrected chi connectivity index (χ4v) is 15.0. The SMILES string of the molecule is CC[C@H]1OC(=O)[C@H](C)[C@@H](O)[C@H](C)[C@@H](O[C@@H]2O[C@H](C)C[C@@H](N(C)CCOC(=O)CCC(=O)OCC(=O)[C@@]3(O)CCC4[C@@H]5CC=C6CC(=O)C=C[C@]6(C)C5[C@@H](O)C[C@@]43C)[C@@H]2N(C)C)[C@](C)(O)C[C@@H](C)CN(C)[C@H](C)[C@@H](O)[C@]1(C)O.